The van der Waals surface area contributed by atoms with Crippen LogP contribution in [0, 0.1) is 0 Å². The van der Waals surface area contributed by atoms with Crippen molar-refractivity contribution >= 4 is 22.3 Å². The summed E-state index contributed by atoms with van der Waals surface area (Å²) in [5, 5.41) is 2.15. The molecule has 0 N–H and O–H groups in total. The third kappa shape index (κ3) is 2.56. The van der Waals surface area contributed by atoms with E-state index >= 15 is 0 Å². The van der Waals surface area contributed by atoms with Crippen molar-refractivity contribution in [2.24, 2.45) is 0 Å². The number of fused-ring (bicyclic) bond motifs is 1. The van der Waals surface area contributed by atoms with E-state index < -0.39 is 0 Å². The number of pyridine rings is 1. The lowest BCUT2D eigenvalue weighted by Crippen LogP contribution is -2.00. The van der Waals surface area contributed by atoms with Crippen LogP contribution in [0.5, 0.6) is 0 Å². The molecule has 3 heteroatoms. The zero-order chi connectivity index (χ0) is 13.0. The number of carbonyl (C=O) groups excluding carboxylic acids is 1. The number of nitrogens with zero attached hydrogens (tertiary/aromatic N) is 1. The molecule has 0 bridgehead atoms. The van der Waals surface area contributed by atoms with Gasteiger partial charge >= 0.3 is 5.97 Å². The first-order chi connectivity index (χ1) is 8.72. The fraction of sp³-hybridized carbons (Fsp3) is 0.200. The van der Waals surface area contributed by atoms with Crippen molar-refractivity contribution in [3.05, 3.63) is 48.3 Å². The van der Waals surface area contributed by atoms with Gasteiger partial charge in [-0.2, -0.15) is 0 Å². The molecule has 18 heavy (non-hydrogen) atoms. The lowest BCUT2D eigenvalue weighted by atomic mass is 10.0. The van der Waals surface area contributed by atoms with Gasteiger partial charge in [-0.3, -0.25) is 4.98 Å². The molecule has 1 aromatic heterocycles. The van der Waals surface area contributed by atoms with E-state index in [4.69, 9.17) is 4.74 Å². The molecule has 0 saturated carbocycles. The third-order valence-corrected chi connectivity index (χ3v) is 2.73. The zero-order valence-corrected chi connectivity index (χ0v) is 10.5. The van der Waals surface area contributed by atoms with Crippen LogP contribution in [0.3, 0.4) is 0 Å². The molecule has 0 spiro atoms. The highest BCUT2D eigenvalue weighted by Crippen LogP contribution is 2.23. The average Bonchev–Trinajstić information content (AvgIpc) is 2.38. The topological polar surface area (TPSA) is 39.2 Å². The molecule has 0 saturated heterocycles. The zero-order valence-electron chi connectivity index (χ0n) is 10.5. The maximum atomic E-state index is 11.4. The number of ether oxygens (including phenoxy) is 1. The molecule has 0 aliphatic heterocycles. The number of hydrogen-bond acceptors (Lipinski definition) is 3. The van der Waals surface area contributed by atoms with Gasteiger partial charge < -0.3 is 4.74 Å². The van der Waals surface area contributed by atoms with Crippen molar-refractivity contribution in [2.45, 2.75) is 13.8 Å². The first-order valence-corrected chi connectivity index (χ1v) is 5.90. The van der Waals surface area contributed by atoms with Crippen LogP contribution in [0.2, 0.25) is 0 Å². The molecule has 0 fully saturated rings. The number of carbonyl (C=O) groups is 1. The average molecular weight is 241 g/mol. The smallest absolute Gasteiger partial charge is 0.331 e. The van der Waals surface area contributed by atoms with Gasteiger partial charge in [0.1, 0.15) is 0 Å². The maximum Gasteiger partial charge on any atom is 0.331 e. The van der Waals surface area contributed by atoms with Crippen LogP contribution in [0.4, 0.5) is 0 Å². The minimum Gasteiger partial charge on any atom is -0.463 e. The summed E-state index contributed by atoms with van der Waals surface area (Å²) in [4.78, 5) is 15.6. The van der Waals surface area contributed by atoms with Gasteiger partial charge in [0.2, 0.25) is 0 Å². The van der Waals surface area contributed by atoms with Crippen molar-refractivity contribution < 1.29 is 9.53 Å². The van der Waals surface area contributed by atoms with Gasteiger partial charge in [-0.15, -0.1) is 0 Å². The lowest BCUT2D eigenvalue weighted by molar-refractivity contribution is -0.137. The third-order valence-electron chi connectivity index (χ3n) is 2.73. The molecule has 0 unspecified atom stereocenters. The van der Waals surface area contributed by atoms with E-state index in [0.29, 0.717) is 6.61 Å². The monoisotopic (exact) mass is 241 g/mol. The lowest BCUT2D eigenvalue weighted by Gasteiger charge is -2.06. The number of hydrogen-bond donors (Lipinski definition) is 0. The van der Waals surface area contributed by atoms with Crippen molar-refractivity contribution in [3.63, 3.8) is 0 Å². The normalized spacial score (nSPS) is 11.6. The van der Waals surface area contributed by atoms with Gasteiger partial charge in [-0.05, 0) is 36.4 Å². The van der Waals surface area contributed by atoms with E-state index in [1.807, 2.05) is 37.4 Å². The molecule has 0 aliphatic rings. The van der Waals surface area contributed by atoms with E-state index in [-0.39, 0.29) is 5.97 Å². The summed E-state index contributed by atoms with van der Waals surface area (Å²) in [6.07, 6.45) is 5.09. The van der Waals surface area contributed by atoms with Gasteiger partial charge in [0, 0.05) is 23.9 Å². The number of aromatic nitrogens is 1. The number of benzene rings is 1. The Labute approximate surface area is 106 Å². The molecule has 2 aromatic rings. The fourth-order valence-corrected chi connectivity index (χ4v) is 1.90. The predicted octanol–water partition coefficient (Wildman–Crippen LogP) is 3.20. The number of rotatable bonds is 3. The molecule has 3 nitrogen and oxygen atoms in total. The molecule has 92 valence electrons. The van der Waals surface area contributed by atoms with Crippen LogP contribution in [0.25, 0.3) is 16.3 Å². The Balaban J connectivity index is 2.45. The highest BCUT2D eigenvalue weighted by Gasteiger charge is 2.05. The molecular formula is C15H15NO2. The van der Waals surface area contributed by atoms with Gasteiger partial charge in [-0.25, -0.2) is 4.79 Å². The van der Waals surface area contributed by atoms with Crippen molar-refractivity contribution in [2.75, 3.05) is 6.61 Å². The van der Waals surface area contributed by atoms with E-state index in [1.54, 1.807) is 13.1 Å². The Morgan fingerprint density at radius 3 is 3.00 bits per heavy atom. The maximum absolute atomic E-state index is 11.4. The summed E-state index contributed by atoms with van der Waals surface area (Å²) < 4.78 is 4.92. The van der Waals surface area contributed by atoms with Crippen LogP contribution < -0.4 is 0 Å². The SMILES string of the molecule is CCOC(=O)C=C(C)c1cccc2ccncc12. The largest absolute Gasteiger partial charge is 0.463 e. The van der Waals surface area contributed by atoms with Crippen molar-refractivity contribution in [1.82, 2.24) is 4.98 Å². The molecule has 0 aliphatic carbocycles. The highest BCUT2D eigenvalue weighted by atomic mass is 16.5. The molecule has 0 radical (unpaired) electrons. The Hall–Kier alpha value is -2.16. The fourth-order valence-electron chi connectivity index (χ4n) is 1.90. The summed E-state index contributed by atoms with van der Waals surface area (Å²) in [5.74, 6) is -0.309. The minimum atomic E-state index is -0.309. The van der Waals surface area contributed by atoms with Crippen molar-refractivity contribution in [1.29, 1.82) is 0 Å². The standard InChI is InChI=1S/C15H15NO2/c1-3-18-15(17)9-11(2)13-6-4-5-12-7-8-16-10-14(12)13/h4-10H,3H2,1-2H3. The second-order valence-corrected chi connectivity index (χ2v) is 3.98. The molecule has 1 heterocycles. The summed E-state index contributed by atoms with van der Waals surface area (Å²) in [7, 11) is 0. The Morgan fingerprint density at radius 2 is 2.22 bits per heavy atom. The summed E-state index contributed by atoms with van der Waals surface area (Å²) in [6, 6.07) is 7.93. The molecule has 1 aromatic carbocycles. The van der Waals surface area contributed by atoms with E-state index in [9.17, 15) is 4.79 Å². The van der Waals surface area contributed by atoms with E-state index in [1.165, 1.54) is 6.08 Å². The second-order valence-electron chi connectivity index (χ2n) is 3.98. The summed E-state index contributed by atoms with van der Waals surface area (Å²) >= 11 is 0. The van der Waals surface area contributed by atoms with Crippen molar-refractivity contribution in [3.8, 4) is 0 Å². The molecule has 0 atom stereocenters. The Kier molecular flexibility index (Phi) is 3.72. The predicted molar refractivity (Wildman–Crippen MR) is 72.0 cm³/mol. The quantitative estimate of drug-likeness (QED) is 0.612. The van der Waals surface area contributed by atoms with Crippen LogP contribution >= 0.6 is 0 Å². The highest BCUT2D eigenvalue weighted by molar-refractivity contribution is 5.98. The number of allylic oxidation sites excluding steroid dienone is 1. The van der Waals surface area contributed by atoms with Gasteiger partial charge in [0.15, 0.2) is 0 Å². The molecule has 2 rings (SSSR count). The van der Waals surface area contributed by atoms with E-state index in [2.05, 4.69) is 4.98 Å². The molecule has 0 amide bonds. The Morgan fingerprint density at radius 1 is 1.39 bits per heavy atom. The summed E-state index contributed by atoms with van der Waals surface area (Å²) in [5.41, 5.74) is 1.89. The van der Waals surface area contributed by atoms with Crippen LogP contribution in [0.15, 0.2) is 42.7 Å². The first kappa shape index (κ1) is 12.3. The van der Waals surface area contributed by atoms with Gasteiger partial charge in [-0.1, -0.05) is 18.2 Å². The van der Waals surface area contributed by atoms with Gasteiger partial charge in [0.05, 0.1) is 6.61 Å². The molecular weight excluding hydrogens is 226 g/mol. The van der Waals surface area contributed by atoms with Gasteiger partial charge in [0.25, 0.3) is 0 Å². The number of esters is 1. The minimum absolute atomic E-state index is 0.309. The van der Waals surface area contributed by atoms with Crippen LogP contribution in [-0.2, 0) is 9.53 Å². The Bertz CT molecular complexity index is 597. The van der Waals surface area contributed by atoms with Crippen LogP contribution in [0.1, 0.15) is 19.4 Å². The van der Waals surface area contributed by atoms with Crippen LogP contribution in [-0.4, -0.2) is 17.6 Å². The first-order valence-electron chi connectivity index (χ1n) is 5.90. The second kappa shape index (κ2) is 5.45. The summed E-state index contributed by atoms with van der Waals surface area (Å²) in [6.45, 7) is 4.08. The van der Waals surface area contributed by atoms with E-state index in [0.717, 1.165) is 21.9 Å².